The second kappa shape index (κ2) is 8.90. The number of likely N-dealkylation sites (N-methyl/N-ethyl adjacent to an activating group) is 1. The highest BCUT2D eigenvalue weighted by molar-refractivity contribution is 5.42. The van der Waals surface area contributed by atoms with E-state index in [4.69, 9.17) is 9.47 Å². The molecule has 0 saturated carbocycles. The number of aliphatic hydroxyl groups excluding tert-OH is 1. The molecule has 0 aromatic heterocycles. The molecule has 0 aliphatic carbocycles. The molecule has 0 spiro atoms. The van der Waals surface area contributed by atoms with Crippen LogP contribution in [-0.4, -0.2) is 43.9 Å². The number of rotatable bonds is 9. The lowest BCUT2D eigenvalue weighted by Gasteiger charge is -2.27. The number of ether oxygens (including phenoxy) is 2. The van der Waals surface area contributed by atoms with Crippen LogP contribution in [0.25, 0.3) is 0 Å². The van der Waals surface area contributed by atoms with Crippen LogP contribution in [-0.2, 0) is 0 Å². The highest BCUT2D eigenvalue weighted by Gasteiger charge is 2.18. The summed E-state index contributed by atoms with van der Waals surface area (Å²) in [5.41, 5.74) is 0.806. The highest BCUT2D eigenvalue weighted by Crippen LogP contribution is 2.30. The zero-order valence-electron chi connectivity index (χ0n) is 13.9. The van der Waals surface area contributed by atoms with E-state index in [2.05, 4.69) is 25.7 Å². The van der Waals surface area contributed by atoms with Gasteiger partial charge >= 0.3 is 0 Å². The number of hydrogen-bond donors (Lipinski definition) is 1. The lowest BCUT2D eigenvalue weighted by Crippen LogP contribution is -2.32. The molecule has 0 heterocycles. The molecule has 2 atom stereocenters. The van der Waals surface area contributed by atoms with E-state index in [-0.39, 0.29) is 0 Å². The molecule has 0 radical (unpaired) electrons. The van der Waals surface area contributed by atoms with E-state index < -0.39 is 6.10 Å². The van der Waals surface area contributed by atoms with Gasteiger partial charge in [-0.15, -0.1) is 0 Å². The van der Waals surface area contributed by atoms with Crippen molar-refractivity contribution in [2.24, 2.45) is 5.92 Å². The molecule has 0 amide bonds. The molecule has 0 fully saturated rings. The fourth-order valence-corrected chi connectivity index (χ4v) is 2.34. The van der Waals surface area contributed by atoms with Crippen molar-refractivity contribution in [3.05, 3.63) is 23.8 Å². The minimum atomic E-state index is -0.560. The van der Waals surface area contributed by atoms with E-state index in [1.165, 1.54) is 0 Å². The average Bonchev–Trinajstić information content (AvgIpc) is 2.52. The lowest BCUT2D eigenvalue weighted by molar-refractivity contribution is 0.105. The Labute approximate surface area is 128 Å². The number of benzene rings is 1. The molecule has 4 nitrogen and oxygen atoms in total. The maximum atomic E-state index is 10.5. The first kappa shape index (κ1) is 17.8. The van der Waals surface area contributed by atoms with Gasteiger partial charge in [-0.05, 0) is 24.6 Å². The Morgan fingerprint density at radius 2 is 1.86 bits per heavy atom. The normalized spacial score (nSPS) is 14.0. The second-order valence-electron chi connectivity index (χ2n) is 5.49. The summed E-state index contributed by atoms with van der Waals surface area (Å²) >= 11 is 0. The molecule has 0 aliphatic heterocycles. The molecule has 1 N–H and O–H groups in total. The maximum absolute atomic E-state index is 10.5. The van der Waals surface area contributed by atoms with Crippen molar-refractivity contribution < 1.29 is 14.6 Å². The van der Waals surface area contributed by atoms with Gasteiger partial charge in [0.05, 0.1) is 20.3 Å². The Balaban J connectivity index is 2.79. The summed E-state index contributed by atoms with van der Waals surface area (Å²) in [4.78, 5) is 2.28. The summed E-state index contributed by atoms with van der Waals surface area (Å²) < 4.78 is 10.6. The summed E-state index contributed by atoms with van der Waals surface area (Å²) in [5, 5.41) is 10.5. The zero-order valence-corrected chi connectivity index (χ0v) is 13.9. The van der Waals surface area contributed by atoms with Gasteiger partial charge in [0.2, 0.25) is 0 Å². The summed E-state index contributed by atoms with van der Waals surface area (Å²) in [6.45, 7) is 9.11. The van der Waals surface area contributed by atoms with Crippen LogP contribution >= 0.6 is 0 Å². The smallest absolute Gasteiger partial charge is 0.128 e. The Bertz CT molecular complexity index is 422. The van der Waals surface area contributed by atoms with Gasteiger partial charge in [0.1, 0.15) is 11.5 Å². The molecule has 0 aliphatic rings. The van der Waals surface area contributed by atoms with Crippen molar-refractivity contribution in [2.45, 2.75) is 33.3 Å². The number of nitrogens with zero attached hydrogens (tertiary/aromatic N) is 1. The van der Waals surface area contributed by atoms with Gasteiger partial charge in [-0.3, -0.25) is 0 Å². The van der Waals surface area contributed by atoms with Crippen molar-refractivity contribution in [3.8, 4) is 11.5 Å². The van der Waals surface area contributed by atoms with Crippen LogP contribution in [0, 0.1) is 5.92 Å². The molecule has 21 heavy (non-hydrogen) atoms. The first-order valence-electron chi connectivity index (χ1n) is 7.67. The molecule has 0 saturated heterocycles. The Kier molecular flexibility index (Phi) is 7.54. The quantitative estimate of drug-likeness (QED) is 0.760. The summed E-state index contributed by atoms with van der Waals surface area (Å²) in [6, 6.07) is 5.54. The monoisotopic (exact) mass is 295 g/mol. The molecule has 4 heteroatoms. The van der Waals surface area contributed by atoms with E-state index in [1.807, 2.05) is 18.2 Å². The molecule has 1 aromatic carbocycles. The first-order valence-corrected chi connectivity index (χ1v) is 7.67. The highest BCUT2D eigenvalue weighted by atomic mass is 16.5. The molecule has 2 unspecified atom stereocenters. The standard InChI is InChI=1S/C17H29NO3/c1-6-13(3)11-18(7-2)12-16(19)15-9-8-14(20-4)10-17(15)21-5/h8-10,13,16,19H,6-7,11-12H2,1-5H3. The third kappa shape index (κ3) is 5.21. The van der Waals surface area contributed by atoms with Gasteiger partial charge in [0.15, 0.2) is 0 Å². The van der Waals surface area contributed by atoms with Gasteiger partial charge in [-0.25, -0.2) is 0 Å². The minimum absolute atomic E-state index is 0.560. The molecule has 1 rings (SSSR count). The average molecular weight is 295 g/mol. The SMILES string of the molecule is CCC(C)CN(CC)CC(O)c1ccc(OC)cc1OC. The molecule has 1 aromatic rings. The minimum Gasteiger partial charge on any atom is -0.497 e. The van der Waals surface area contributed by atoms with Crippen LogP contribution in [0.4, 0.5) is 0 Å². The predicted molar refractivity (Wildman–Crippen MR) is 86.1 cm³/mol. The largest absolute Gasteiger partial charge is 0.497 e. The van der Waals surface area contributed by atoms with E-state index in [0.29, 0.717) is 18.2 Å². The fourth-order valence-electron chi connectivity index (χ4n) is 2.34. The Hall–Kier alpha value is -1.26. The summed E-state index contributed by atoms with van der Waals surface area (Å²) in [6.07, 6.45) is 0.591. The maximum Gasteiger partial charge on any atom is 0.128 e. The number of methoxy groups -OCH3 is 2. The number of hydrogen-bond acceptors (Lipinski definition) is 4. The van der Waals surface area contributed by atoms with Crippen LogP contribution in [0.1, 0.15) is 38.9 Å². The first-order chi connectivity index (χ1) is 10.0. The van der Waals surface area contributed by atoms with Crippen molar-refractivity contribution in [1.29, 1.82) is 0 Å². The van der Waals surface area contributed by atoms with Crippen LogP contribution in [0.5, 0.6) is 11.5 Å². The van der Waals surface area contributed by atoms with Crippen LogP contribution in [0.15, 0.2) is 18.2 Å². The van der Waals surface area contributed by atoms with Crippen LogP contribution in [0.2, 0.25) is 0 Å². The topological polar surface area (TPSA) is 41.9 Å². The van der Waals surface area contributed by atoms with Crippen LogP contribution < -0.4 is 9.47 Å². The molecule has 0 bridgehead atoms. The van der Waals surface area contributed by atoms with Gasteiger partial charge in [-0.2, -0.15) is 0 Å². The summed E-state index contributed by atoms with van der Waals surface area (Å²) in [7, 11) is 3.23. The molecule has 120 valence electrons. The van der Waals surface area contributed by atoms with Crippen molar-refractivity contribution in [3.63, 3.8) is 0 Å². The Morgan fingerprint density at radius 3 is 2.38 bits per heavy atom. The lowest BCUT2D eigenvalue weighted by atomic mass is 10.1. The van der Waals surface area contributed by atoms with Crippen molar-refractivity contribution in [1.82, 2.24) is 4.90 Å². The molecular weight excluding hydrogens is 266 g/mol. The summed E-state index contributed by atoms with van der Waals surface area (Å²) in [5.74, 6) is 2.03. The third-order valence-corrected chi connectivity index (χ3v) is 3.94. The van der Waals surface area contributed by atoms with Gasteiger partial charge in [-0.1, -0.05) is 27.2 Å². The number of aliphatic hydroxyl groups is 1. The van der Waals surface area contributed by atoms with Gasteiger partial charge < -0.3 is 19.5 Å². The van der Waals surface area contributed by atoms with E-state index in [9.17, 15) is 5.11 Å². The van der Waals surface area contributed by atoms with E-state index in [0.717, 1.165) is 30.8 Å². The van der Waals surface area contributed by atoms with Crippen LogP contribution in [0.3, 0.4) is 0 Å². The van der Waals surface area contributed by atoms with Gasteiger partial charge in [0.25, 0.3) is 0 Å². The van der Waals surface area contributed by atoms with E-state index in [1.54, 1.807) is 14.2 Å². The fraction of sp³-hybridized carbons (Fsp3) is 0.647. The Morgan fingerprint density at radius 1 is 1.14 bits per heavy atom. The van der Waals surface area contributed by atoms with Crippen molar-refractivity contribution in [2.75, 3.05) is 33.9 Å². The predicted octanol–water partition coefficient (Wildman–Crippen LogP) is 3.11. The van der Waals surface area contributed by atoms with Gasteiger partial charge in [0, 0.05) is 24.7 Å². The van der Waals surface area contributed by atoms with E-state index >= 15 is 0 Å². The molecular formula is C17H29NO3. The van der Waals surface area contributed by atoms with Crippen molar-refractivity contribution >= 4 is 0 Å². The second-order valence-corrected chi connectivity index (χ2v) is 5.49. The third-order valence-electron chi connectivity index (χ3n) is 3.94. The zero-order chi connectivity index (χ0) is 15.8.